The van der Waals surface area contributed by atoms with Crippen LogP contribution >= 0.6 is 0 Å². The van der Waals surface area contributed by atoms with Gasteiger partial charge in [-0.1, -0.05) is 12.1 Å². The second kappa shape index (κ2) is 6.07. The molecule has 1 amide bonds. The molecule has 1 spiro atoms. The monoisotopic (exact) mass is 329 g/mol. The van der Waals surface area contributed by atoms with E-state index >= 15 is 0 Å². The summed E-state index contributed by atoms with van der Waals surface area (Å²) >= 11 is 0. The number of amides is 1. The molecule has 0 atom stereocenters. The number of nitrogens with zero attached hydrogens (tertiary/aromatic N) is 1. The molecule has 4 rings (SSSR count). The molecule has 0 bridgehead atoms. The van der Waals surface area contributed by atoms with Crippen molar-refractivity contribution in [1.29, 1.82) is 0 Å². The molecular formula is C20H27NO3. The molecule has 2 aliphatic heterocycles. The predicted molar refractivity (Wildman–Crippen MR) is 92.3 cm³/mol. The second-order valence-corrected chi connectivity index (χ2v) is 7.59. The first-order valence-corrected chi connectivity index (χ1v) is 9.25. The van der Waals surface area contributed by atoms with E-state index < -0.39 is 0 Å². The summed E-state index contributed by atoms with van der Waals surface area (Å²) in [6.07, 6.45) is 7.55. The molecule has 24 heavy (non-hydrogen) atoms. The summed E-state index contributed by atoms with van der Waals surface area (Å²) in [7, 11) is 1.67. The van der Waals surface area contributed by atoms with Crippen molar-refractivity contribution in [3.63, 3.8) is 0 Å². The minimum atomic E-state index is -0.274. The Bertz CT molecular complexity index is 590. The Morgan fingerprint density at radius 2 is 1.75 bits per heavy atom. The van der Waals surface area contributed by atoms with Gasteiger partial charge in [-0.3, -0.25) is 4.79 Å². The zero-order valence-electron chi connectivity index (χ0n) is 14.6. The molecule has 1 aromatic carbocycles. The normalized spacial score (nSPS) is 24.6. The van der Waals surface area contributed by atoms with E-state index in [0.29, 0.717) is 5.91 Å². The van der Waals surface area contributed by atoms with Crippen LogP contribution in [0.5, 0.6) is 5.75 Å². The number of piperidine rings is 1. The molecule has 130 valence electrons. The number of likely N-dealkylation sites (tertiary alicyclic amines) is 1. The third kappa shape index (κ3) is 2.71. The number of carbonyl (C=O) groups is 1. The topological polar surface area (TPSA) is 38.8 Å². The maximum atomic E-state index is 13.2. The summed E-state index contributed by atoms with van der Waals surface area (Å²) in [6, 6.07) is 8.03. The zero-order valence-corrected chi connectivity index (χ0v) is 14.6. The highest BCUT2D eigenvalue weighted by Gasteiger charge is 2.54. The van der Waals surface area contributed by atoms with Gasteiger partial charge >= 0.3 is 0 Å². The molecular weight excluding hydrogens is 302 g/mol. The smallest absolute Gasteiger partial charge is 0.233 e. The van der Waals surface area contributed by atoms with Crippen molar-refractivity contribution in [2.45, 2.75) is 56.0 Å². The van der Waals surface area contributed by atoms with Crippen LogP contribution in [-0.2, 0) is 14.9 Å². The SMILES string of the molecule is COc1ccc(C2(C(=O)N3CCC4(CCCCO4)CC3)CC2)cc1. The number of carbonyl (C=O) groups excluding carboxylic acids is 1. The Balaban J connectivity index is 1.44. The fraction of sp³-hybridized carbons (Fsp3) is 0.650. The van der Waals surface area contributed by atoms with Gasteiger partial charge in [-0.15, -0.1) is 0 Å². The summed E-state index contributed by atoms with van der Waals surface area (Å²) in [5.74, 6) is 1.16. The van der Waals surface area contributed by atoms with Crippen LogP contribution in [0.25, 0.3) is 0 Å². The van der Waals surface area contributed by atoms with Gasteiger partial charge in [-0.25, -0.2) is 0 Å². The molecule has 0 radical (unpaired) electrons. The Hall–Kier alpha value is -1.55. The summed E-state index contributed by atoms with van der Waals surface area (Å²) in [5.41, 5.74) is 0.929. The Kier molecular flexibility index (Phi) is 4.03. The van der Waals surface area contributed by atoms with Crippen LogP contribution in [0.1, 0.15) is 50.5 Å². The van der Waals surface area contributed by atoms with Crippen LogP contribution in [0.3, 0.4) is 0 Å². The highest BCUT2D eigenvalue weighted by atomic mass is 16.5. The molecule has 0 N–H and O–H groups in total. The standard InChI is InChI=1S/C20H27NO3/c1-23-17-6-4-16(5-7-17)20(9-10-20)18(22)21-13-11-19(12-14-21)8-2-3-15-24-19/h4-7H,2-3,8-15H2,1H3. The fourth-order valence-electron chi connectivity index (χ4n) is 4.39. The van der Waals surface area contributed by atoms with Crippen molar-refractivity contribution in [3.8, 4) is 5.75 Å². The molecule has 2 saturated heterocycles. The first-order valence-electron chi connectivity index (χ1n) is 9.25. The first kappa shape index (κ1) is 15.9. The van der Waals surface area contributed by atoms with Crippen molar-refractivity contribution in [3.05, 3.63) is 29.8 Å². The van der Waals surface area contributed by atoms with Crippen LogP contribution < -0.4 is 4.74 Å². The lowest BCUT2D eigenvalue weighted by molar-refractivity contribution is -0.145. The summed E-state index contributed by atoms with van der Waals surface area (Å²) in [5, 5.41) is 0. The van der Waals surface area contributed by atoms with Crippen molar-refractivity contribution in [2.24, 2.45) is 0 Å². The first-order chi connectivity index (χ1) is 11.7. The zero-order chi connectivity index (χ0) is 16.6. The van der Waals surface area contributed by atoms with E-state index in [1.54, 1.807) is 7.11 Å². The van der Waals surface area contributed by atoms with Gasteiger partial charge in [0, 0.05) is 19.7 Å². The Labute approximate surface area is 144 Å². The van der Waals surface area contributed by atoms with Crippen LogP contribution in [0.15, 0.2) is 24.3 Å². The molecule has 1 aromatic rings. The lowest BCUT2D eigenvalue weighted by Crippen LogP contribution is -2.51. The molecule has 0 unspecified atom stereocenters. The van der Waals surface area contributed by atoms with Gasteiger partial charge in [0.1, 0.15) is 5.75 Å². The lowest BCUT2D eigenvalue weighted by atomic mass is 9.83. The number of hydrogen-bond donors (Lipinski definition) is 0. The molecule has 4 nitrogen and oxygen atoms in total. The van der Waals surface area contributed by atoms with E-state index in [1.807, 2.05) is 12.1 Å². The van der Waals surface area contributed by atoms with Gasteiger partial charge in [0.15, 0.2) is 0 Å². The van der Waals surface area contributed by atoms with Crippen LogP contribution in [0.2, 0.25) is 0 Å². The lowest BCUT2D eigenvalue weighted by Gasteiger charge is -2.44. The molecule has 3 fully saturated rings. The second-order valence-electron chi connectivity index (χ2n) is 7.59. The molecule has 4 heteroatoms. The van der Waals surface area contributed by atoms with E-state index in [9.17, 15) is 4.79 Å². The maximum Gasteiger partial charge on any atom is 0.233 e. The highest BCUT2D eigenvalue weighted by molar-refractivity contribution is 5.91. The number of rotatable bonds is 3. The van der Waals surface area contributed by atoms with Crippen molar-refractivity contribution in [2.75, 3.05) is 26.8 Å². The van der Waals surface area contributed by atoms with Gasteiger partial charge < -0.3 is 14.4 Å². The van der Waals surface area contributed by atoms with Gasteiger partial charge in [-0.05, 0) is 62.6 Å². The van der Waals surface area contributed by atoms with Gasteiger partial charge in [0.2, 0.25) is 5.91 Å². The minimum absolute atomic E-state index is 0.0614. The van der Waals surface area contributed by atoms with Gasteiger partial charge in [-0.2, -0.15) is 0 Å². The number of hydrogen-bond acceptors (Lipinski definition) is 3. The fourth-order valence-corrected chi connectivity index (χ4v) is 4.39. The van der Waals surface area contributed by atoms with Crippen LogP contribution in [-0.4, -0.2) is 43.2 Å². The van der Waals surface area contributed by atoms with Crippen LogP contribution in [0, 0.1) is 0 Å². The van der Waals surface area contributed by atoms with E-state index in [0.717, 1.165) is 56.7 Å². The highest BCUT2D eigenvalue weighted by Crippen LogP contribution is 2.50. The predicted octanol–water partition coefficient (Wildman–Crippen LogP) is 3.29. The van der Waals surface area contributed by atoms with Gasteiger partial charge in [0.25, 0.3) is 0 Å². The summed E-state index contributed by atoms with van der Waals surface area (Å²) in [6.45, 7) is 2.58. The summed E-state index contributed by atoms with van der Waals surface area (Å²) < 4.78 is 11.3. The van der Waals surface area contributed by atoms with Crippen molar-refractivity contribution >= 4 is 5.91 Å². The van der Waals surface area contributed by atoms with E-state index in [4.69, 9.17) is 9.47 Å². The third-order valence-electron chi connectivity index (χ3n) is 6.20. The number of methoxy groups -OCH3 is 1. The summed E-state index contributed by atoms with van der Waals surface area (Å²) in [4.78, 5) is 15.2. The third-order valence-corrected chi connectivity index (χ3v) is 6.20. The quantitative estimate of drug-likeness (QED) is 0.854. The van der Waals surface area contributed by atoms with E-state index in [-0.39, 0.29) is 11.0 Å². The molecule has 3 aliphatic rings. The molecule has 1 aliphatic carbocycles. The Morgan fingerprint density at radius 1 is 1.04 bits per heavy atom. The largest absolute Gasteiger partial charge is 0.497 e. The van der Waals surface area contributed by atoms with E-state index in [1.165, 1.54) is 19.3 Å². The van der Waals surface area contributed by atoms with Crippen molar-refractivity contribution in [1.82, 2.24) is 4.90 Å². The Morgan fingerprint density at radius 3 is 2.29 bits per heavy atom. The molecule has 1 saturated carbocycles. The maximum absolute atomic E-state index is 13.2. The minimum Gasteiger partial charge on any atom is -0.497 e. The number of ether oxygens (including phenoxy) is 2. The average Bonchev–Trinajstić information content (AvgIpc) is 3.45. The van der Waals surface area contributed by atoms with E-state index in [2.05, 4.69) is 17.0 Å². The molecule has 0 aromatic heterocycles. The van der Waals surface area contributed by atoms with Crippen molar-refractivity contribution < 1.29 is 14.3 Å². The number of benzene rings is 1. The average molecular weight is 329 g/mol. The van der Waals surface area contributed by atoms with Gasteiger partial charge in [0.05, 0.1) is 18.1 Å². The molecule has 2 heterocycles. The van der Waals surface area contributed by atoms with Crippen LogP contribution in [0.4, 0.5) is 0 Å².